The van der Waals surface area contributed by atoms with Crippen molar-refractivity contribution in [3.05, 3.63) is 33.3 Å². The summed E-state index contributed by atoms with van der Waals surface area (Å²) >= 11 is 9.46. The molecule has 0 aliphatic carbocycles. The number of rotatable bonds is 1. The minimum absolute atomic E-state index is 0. The number of piperidine rings is 1. The van der Waals surface area contributed by atoms with E-state index in [1.807, 2.05) is 12.1 Å². The molecule has 0 aromatic heterocycles. The Kier molecular flexibility index (Phi) is 5.41. The largest absolute Gasteiger partial charge is 0.310 e. The van der Waals surface area contributed by atoms with Gasteiger partial charge in [-0.15, -0.1) is 12.4 Å². The van der Waals surface area contributed by atoms with Gasteiger partial charge in [-0.25, -0.2) is 0 Å². The third-order valence-corrected chi connectivity index (χ3v) is 3.57. The molecule has 0 spiro atoms. The summed E-state index contributed by atoms with van der Waals surface area (Å²) in [4.78, 5) is 0. The number of benzene rings is 1. The highest BCUT2D eigenvalue weighted by atomic mass is 79.9. The molecule has 0 saturated carbocycles. The molecule has 1 nitrogen and oxygen atoms in total. The molecule has 84 valence electrons. The third kappa shape index (κ3) is 3.35. The number of halogens is 3. The van der Waals surface area contributed by atoms with E-state index in [1.54, 1.807) is 0 Å². The molecule has 0 amide bonds. The SMILES string of the molecule is Cl.Clc1ccc([C@H]2CCCCN2)c(Br)c1. The van der Waals surface area contributed by atoms with Crippen LogP contribution in [-0.2, 0) is 0 Å². The van der Waals surface area contributed by atoms with Crippen LogP contribution in [-0.4, -0.2) is 6.54 Å². The van der Waals surface area contributed by atoms with Gasteiger partial charge in [-0.05, 0) is 37.1 Å². The Hall–Kier alpha value is 0.240. The monoisotopic (exact) mass is 309 g/mol. The van der Waals surface area contributed by atoms with E-state index >= 15 is 0 Å². The summed E-state index contributed by atoms with van der Waals surface area (Å²) in [6, 6.07) is 6.52. The molecule has 0 unspecified atom stereocenters. The van der Waals surface area contributed by atoms with Gasteiger partial charge in [0, 0.05) is 15.5 Å². The van der Waals surface area contributed by atoms with Crippen LogP contribution < -0.4 is 5.32 Å². The van der Waals surface area contributed by atoms with Crippen molar-refractivity contribution in [2.75, 3.05) is 6.54 Å². The molecule has 0 bridgehead atoms. The Morgan fingerprint density at radius 3 is 2.73 bits per heavy atom. The summed E-state index contributed by atoms with van der Waals surface area (Å²) in [5, 5.41) is 4.31. The summed E-state index contributed by atoms with van der Waals surface area (Å²) in [7, 11) is 0. The predicted octanol–water partition coefficient (Wildman–Crippen LogP) is 4.34. The fourth-order valence-corrected chi connectivity index (χ4v) is 2.86. The number of nitrogens with one attached hydrogen (secondary N) is 1. The lowest BCUT2D eigenvalue weighted by Gasteiger charge is -2.24. The molecular weight excluding hydrogens is 297 g/mol. The van der Waals surface area contributed by atoms with E-state index in [0.717, 1.165) is 16.0 Å². The molecule has 1 saturated heterocycles. The summed E-state index contributed by atoms with van der Waals surface area (Å²) in [5.74, 6) is 0. The lowest BCUT2D eigenvalue weighted by Crippen LogP contribution is -2.26. The first-order chi connectivity index (χ1) is 6.77. The zero-order chi connectivity index (χ0) is 9.97. The maximum atomic E-state index is 5.91. The van der Waals surface area contributed by atoms with Crippen LogP contribution in [0.3, 0.4) is 0 Å². The van der Waals surface area contributed by atoms with Gasteiger partial charge in [0.1, 0.15) is 0 Å². The third-order valence-electron chi connectivity index (χ3n) is 2.65. The van der Waals surface area contributed by atoms with Crippen LogP contribution in [0, 0.1) is 0 Å². The molecule has 1 atom stereocenters. The maximum absolute atomic E-state index is 5.91. The average Bonchev–Trinajstić information content (AvgIpc) is 2.19. The number of hydrogen-bond donors (Lipinski definition) is 1. The van der Waals surface area contributed by atoms with Gasteiger partial charge in [0.25, 0.3) is 0 Å². The molecule has 0 radical (unpaired) electrons. The summed E-state index contributed by atoms with van der Waals surface area (Å²) < 4.78 is 1.12. The van der Waals surface area contributed by atoms with Crippen LogP contribution >= 0.6 is 39.9 Å². The lowest BCUT2D eigenvalue weighted by molar-refractivity contribution is 0.411. The first-order valence-corrected chi connectivity index (χ1v) is 6.13. The predicted molar refractivity (Wildman–Crippen MR) is 71.0 cm³/mol. The van der Waals surface area contributed by atoms with Crippen molar-refractivity contribution in [2.45, 2.75) is 25.3 Å². The zero-order valence-electron chi connectivity index (χ0n) is 8.30. The van der Waals surface area contributed by atoms with Gasteiger partial charge in [0.2, 0.25) is 0 Å². The van der Waals surface area contributed by atoms with E-state index in [2.05, 4.69) is 27.3 Å². The molecule has 1 aromatic carbocycles. The quantitative estimate of drug-likeness (QED) is 0.813. The minimum Gasteiger partial charge on any atom is -0.310 e. The first kappa shape index (κ1) is 13.3. The topological polar surface area (TPSA) is 12.0 Å². The Morgan fingerprint density at radius 2 is 2.13 bits per heavy atom. The van der Waals surface area contributed by atoms with Crippen molar-refractivity contribution in [3.63, 3.8) is 0 Å². The lowest BCUT2D eigenvalue weighted by atomic mass is 9.98. The van der Waals surface area contributed by atoms with Gasteiger partial charge in [0.15, 0.2) is 0 Å². The first-order valence-electron chi connectivity index (χ1n) is 4.96. The van der Waals surface area contributed by atoms with Crippen molar-refractivity contribution >= 4 is 39.9 Å². The summed E-state index contributed by atoms with van der Waals surface area (Å²) in [6.07, 6.45) is 3.83. The van der Waals surface area contributed by atoms with E-state index in [-0.39, 0.29) is 12.4 Å². The normalized spacial score (nSPS) is 20.8. The summed E-state index contributed by atoms with van der Waals surface area (Å²) in [5.41, 5.74) is 1.33. The van der Waals surface area contributed by atoms with Gasteiger partial charge in [-0.2, -0.15) is 0 Å². The van der Waals surface area contributed by atoms with E-state index < -0.39 is 0 Å². The average molecular weight is 311 g/mol. The molecule has 1 aromatic rings. The van der Waals surface area contributed by atoms with Gasteiger partial charge in [0.05, 0.1) is 0 Å². The fraction of sp³-hybridized carbons (Fsp3) is 0.455. The Labute approximate surface area is 110 Å². The molecule has 1 aliphatic rings. The van der Waals surface area contributed by atoms with E-state index in [9.17, 15) is 0 Å². The molecule has 15 heavy (non-hydrogen) atoms. The molecule has 1 fully saturated rings. The summed E-state index contributed by atoms with van der Waals surface area (Å²) in [6.45, 7) is 1.12. The van der Waals surface area contributed by atoms with Gasteiger partial charge < -0.3 is 5.32 Å². The van der Waals surface area contributed by atoms with Gasteiger partial charge in [-0.1, -0.05) is 40.0 Å². The van der Waals surface area contributed by atoms with Crippen LogP contribution in [0.4, 0.5) is 0 Å². The molecule has 1 N–H and O–H groups in total. The Balaban J connectivity index is 0.00000112. The van der Waals surface area contributed by atoms with E-state index in [4.69, 9.17) is 11.6 Å². The van der Waals surface area contributed by atoms with E-state index in [1.165, 1.54) is 24.8 Å². The molecule has 1 aliphatic heterocycles. The molecular formula is C11H14BrCl2N. The molecule has 4 heteroatoms. The standard InChI is InChI=1S/C11H13BrClN.ClH/c12-10-7-8(13)4-5-9(10)11-3-1-2-6-14-11;/h4-5,7,11,14H,1-3,6H2;1H/t11-;/m1./s1. The van der Waals surface area contributed by atoms with Crippen molar-refractivity contribution in [3.8, 4) is 0 Å². The number of hydrogen-bond acceptors (Lipinski definition) is 1. The second-order valence-electron chi connectivity index (χ2n) is 3.67. The second-order valence-corrected chi connectivity index (χ2v) is 4.96. The van der Waals surface area contributed by atoms with Crippen LogP contribution in [0.1, 0.15) is 30.9 Å². The van der Waals surface area contributed by atoms with Crippen molar-refractivity contribution < 1.29 is 0 Å². The van der Waals surface area contributed by atoms with Crippen molar-refractivity contribution in [1.82, 2.24) is 5.32 Å². The van der Waals surface area contributed by atoms with Gasteiger partial charge >= 0.3 is 0 Å². The highest BCUT2D eigenvalue weighted by Crippen LogP contribution is 2.30. The van der Waals surface area contributed by atoms with Crippen molar-refractivity contribution in [1.29, 1.82) is 0 Å². The van der Waals surface area contributed by atoms with E-state index in [0.29, 0.717) is 6.04 Å². The molecule has 2 rings (SSSR count). The van der Waals surface area contributed by atoms with Crippen molar-refractivity contribution in [2.24, 2.45) is 0 Å². The van der Waals surface area contributed by atoms with Crippen LogP contribution in [0.2, 0.25) is 5.02 Å². The smallest absolute Gasteiger partial charge is 0.0417 e. The maximum Gasteiger partial charge on any atom is 0.0417 e. The van der Waals surface area contributed by atoms with Crippen LogP contribution in [0.15, 0.2) is 22.7 Å². The Morgan fingerprint density at radius 1 is 1.33 bits per heavy atom. The minimum atomic E-state index is 0. The highest BCUT2D eigenvalue weighted by Gasteiger charge is 2.16. The zero-order valence-corrected chi connectivity index (χ0v) is 11.5. The van der Waals surface area contributed by atoms with Gasteiger partial charge in [-0.3, -0.25) is 0 Å². The second kappa shape index (κ2) is 6.09. The molecule has 1 heterocycles. The Bertz CT molecular complexity index is 324. The van der Waals surface area contributed by atoms with Crippen LogP contribution in [0.25, 0.3) is 0 Å². The van der Waals surface area contributed by atoms with Crippen LogP contribution in [0.5, 0.6) is 0 Å². The fourth-order valence-electron chi connectivity index (χ4n) is 1.90. The highest BCUT2D eigenvalue weighted by molar-refractivity contribution is 9.10.